The smallest absolute Gasteiger partial charge is 0.326 e. The third kappa shape index (κ3) is 36.6. The van der Waals surface area contributed by atoms with Crippen LogP contribution in [0.25, 0.3) is 21.8 Å². The predicted octanol–water partition coefficient (Wildman–Crippen LogP) is -6.03. The average Bonchev–Trinajstić information content (AvgIpc) is 1.72. The number of hydrogen-bond acceptors (Lipinski definition) is 27. The van der Waals surface area contributed by atoms with E-state index in [-0.39, 0.29) is 133 Å². The third-order valence-corrected chi connectivity index (χ3v) is 23.0. The van der Waals surface area contributed by atoms with Crippen LogP contribution in [-0.4, -0.2) is 306 Å². The minimum absolute atomic E-state index is 0.0801. The third-order valence-electron chi connectivity index (χ3n) is 23.0. The Morgan fingerprint density at radius 2 is 0.835 bits per heavy atom. The fourth-order valence-electron chi connectivity index (χ4n) is 15.3. The van der Waals surface area contributed by atoms with Crippen LogP contribution >= 0.6 is 0 Å². The van der Waals surface area contributed by atoms with Crippen LogP contribution in [0, 0.1) is 11.8 Å². The van der Waals surface area contributed by atoms with Crippen LogP contribution in [0.4, 0.5) is 0 Å². The molecule has 16 atom stereocenters. The predicted molar refractivity (Wildman–Crippen MR) is 497 cm³/mol. The molecule has 0 saturated carbocycles. The SMILES string of the molecule is CC[C@H](C)[C@H](NC(=O)[C@@H](N)CC(=O)O)C(=O)N[C@@H](Cc1c[nH]c2ccccc12)C(=O)N[C@@H](Cc1c[nH]c2ccccc12)C(=O)N[C@@H](CC(=O)O)C(=O)NCC(=O)N[C@@H](CCCCN)C(=O)N[C@@H](CCCCN)C(=O)N[C@@H](CO)C(=O)N[C@@H](Cc1ccc(O)cc1)C(=O)N[C@@H](CC(N)=O)C(=O)N1CCC[C@H]1C(=O)N[C@@H](CO)C(=O)N[C@@H](CC(C)C)C(=O)N[C@@H](CCCCN)C(=O)N[C@@H](CC(=O)O)C(=O)O. The number of aliphatic hydroxyl groups excluding tert-OH is 2. The number of likely N-dealkylation sites (tertiary alicyclic amines) is 1. The standard InChI is InChI=1S/C90H130N22O27/c1-5-47(4)75(111-76(124)54(94)37-72(118)119)88(136)106-63(36-50-42-97-56-20-9-7-18-53(50)56)84(132)104-62(35-49-41-96-55-19-8-6-17-52(49)55)83(131)105-64(39-73(120)121)77(125)98-43-71(117)99-57(21-10-13-29-91)78(126)100-59(23-12-15-31-93)80(128)109-67(44-113)85(133)103-61(34-48-25-27-51(115)28-26-48)82(130)107-65(38-70(95)116)89(137)112-32-16-24-69(112)87(135)110-68(45-114)86(134)102-60(33-46(2)3)81(129)101-58(22-11-14-30-92)79(127)108-66(90(138)139)40-74(122)123/h6-9,17-20,25-28,41-42,46-47,54,57-69,75,96-97,113-115H,5,10-16,21-24,29-40,43-45,91-94H2,1-4H3,(H2,95,116)(H,98,125)(H,99,117)(H,100,126)(H,101,129)(H,102,134)(H,103,133)(H,104,132)(H,105,131)(H,106,136)(H,107,130)(H,108,127)(H,109,128)(H,110,135)(H,111,124)(H,118,119)(H,120,121)(H,122,123)(H,138,139)/t47-,54-,57-,58-,59-,60-,61-,62-,63-,64-,65-,66-,67-,68-,69-,75-/m0/s1. The highest BCUT2D eigenvalue weighted by Crippen LogP contribution is 2.25. The van der Waals surface area contributed by atoms with Crippen LogP contribution in [0.3, 0.4) is 0 Å². The maximum atomic E-state index is 15.1. The molecule has 3 heterocycles. The summed E-state index contributed by atoms with van der Waals surface area (Å²) in [5.74, 6) is -25.0. The molecule has 0 radical (unpaired) electrons. The van der Waals surface area contributed by atoms with Crippen molar-refractivity contribution in [3.8, 4) is 5.75 Å². The van der Waals surface area contributed by atoms with Gasteiger partial charge in [0, 0.05) is 60.0 Å². The minimum atomic E-state index is -2.01. The molecule has 49 nitrogen and oxygen atoms in total. The molecule has 1 saturated heterocycles. The van der Waals surface area contributed by atoms with E-state index in [0.29, 0.717) is 39.4 Å². The topological polar surface area (TPSA) is 816 Å². The Kier molecular flexibility index (Phi) is 46.5. The van der Waals surface area contributed by atoms with Crippen molar-refractivity contribution in [1.29, 1.82) is 0 Å². The molecule has 5 aromatic rings. The number of aromatic hydroxyl groups is 1. The molecular formula is C90H130N22O27. The number of carboxylic acid groups (broad SMARTS) is 4. The first-order valence-electron chi connectivity index (χ1n) is 45.7. The number of para-hydroxylation sites is 2. The number of nitrogens with one attached hydrogen (secondary N) is 16. The van der Waals surface area contributed by atoms with Gasteiger partial charge in [0.05, 0.1) is 51.5 Å². The Bertz CT molecular complexity index is 5110. The lowest BCUT2D eigenvalue weighted by molar-refractivity contribution is -0.147. The average molecular weight is 1950 g/mol. The summed E-state index contributed by atoms with van der Waals surface area (Å²) in [6.45, 7) is 3.48. The summed E-state index contributed by atoms with van der Waals surface area (Å²) in [7, 11) is 0. The highest BCUT2D eigenvalue weighted by Gasteiger charge is 2.43. The maximum Gasteiger partial charge on any atom is 0.326 e. The largest absolute Gasteiger partial charge is 0.508 e. The molecule has 139 heavy (non-hydrogen) atoms. The fourth-order valence-corrected chi connectivity index (χ4v) is 15.3. The number of fused-ring (bicyclic) bond motifs is 2. The molecule has 6 rings (SSSR count). The number of unbranched alkanes of at least 4 members (excludes halogenated alkanes) is 3. The number of aliphatic hydroxyl groups is 2. The number of phenolic OH excluding ortho intramolecular Hbond substituents is 1. The summed E-state index contributed by atoms with van der Waals surface area (Å²) in [6, 6.07) is -6.32. The van der Waals surface area contributed by atoms with E-state index >= 15 is 4.79 Å². The number of H-pyrrole nitrogens is 2. The van der Waals surface area contributed by atoms with Crippen molar-refractivity contribution in [2.24, 2.45) is 40.5 Å². The van der Waals surface area contributed by atoms with Gasteiger partial charge in [0.1, 0.15) is 90.3 Å². The van der Waals surface area contributed by atoms with Gasteiger partial charge in [-0.05, 0) is 149 Å². The van der Waals surface area contributed by atoms with Crippen molar-refractivity contribution in [2.45, 2.75) is 247 Å². The van der Waals surface area contributed by atoms with Crippen LogP contribution < -0.4 is 103 Å². The Morgan fingerprint density at radius 3 is 1.29 bits per heavy atom. The summed E-state index contributed by atoms with van der Waals surface area (Å²) in [6.07, 6.45) is -0.769. The maximum absolute atomic E-state index is 15.1. The van der Waals surface area contributed by atoms with Crippen molar-refractivity contribution in [2.75, 3.05) is 45.9 Å². The van der Waals surface area contributed by atoms with Gasteiger partial charge in [-0.15, -0.1) is 0 Å². The summed E-state index contributed by atoms with van der Waals surface area (Å²) < 4.78 is 0. The molecule has 0 unspecified atom stereocenters. The second kappa shape index (κ2) is 57.0. The van der Waals surface area contributed by atoms with Gasteiger partial charge < -0.3 is 154 Å². The number of nitrogens with two attached hydrogens (primary N) is 5. The number of amides is 16. The number of phenols is 1. The first-order chi connectivity index (χ1) is 66.0. The van der Waals surface area contributed by atoms with Crippen molar-refractivity contribution < 1.29 is 132 Å². The molecule has 0 bridgehead atoms. The Labute approximate surface area is 798 Å². The van der Waals surface area contributed by atoms with E-state index < -0.39 is 267 Å². The van der Waals surface area contributed by atoms with Gasteiger partial charge in [0.2, 0.25) is 94.5 Å². The van der Waals surface area contributed by atoms with Crippen LogP contribution in [0.15, 0.2) is 85.2 Å². The van der Waals surface area contributed by atoms with Crippen LogP contribution in [0.5, 0.6) is 5.75 Å². The van der Waals surface area contributed by atoms with E-state index in [1.165, 1.54) is 24.3 Å². The van der Waals surface area contributed by atoms with Crippen LogP contribution in [0.1, 0.15) is 154 Å². The highest BCUT2D eigenvalue weighted by molar-refractivity contribution is 6.03. The van der Waals surface area contributed by atoms with Gasteiger partial charge in [-0.25, -0.2) is 4.79 Å². The number of aromatic amines is 2. The molecule has 1 aliphatic heterocycles. The fraction of sp³-hybridized carbons (Fsp3) is 0.533. The summed E-state index contributed by atoms with van der Waals surface area (Å²) in [5, 5.41) is 105. The van der Waals surface area contributed by atoms with Gasteiger partial charge in [-0.3, -0.25) is 91.1 Å². The zero-order chi connectivity index (χ0) is 103. The quantitative estimate of drug-likeness (QED) is 0.0161. The van der Waals surface area contributed by atoms with Crippen molar-refractivity contribution >= 4 is 140 Å². The second-order valence-electron chi connectivity index (χ2n) is 34.3. The summed E-state index contributed by atoms with van der Waals surface area (Å²) in [5.41, 5.74) is 31.2. The molecule has 2 aromatic heterocycles. The first-order valence-corrected chi connectivity index (χ1v) is 45.7. The molecular weight excluding hydrogens is 1820 g/mol. The number of carboxylic acids is 4. The minimum Gasteiger partial charge on any atom is -0.508 e. The van der Waals surface area contributed by atoms with Crippen LogP contribution in [-0.2, 0) is 115 Å². The lowest BCUT2D eigenvalue weighted by Gasteiger charge is -2.31. The molecule has 1 fully saturated rings. The van der Waals surface area contributed by atoms with E-state index in [1.54, 1.807) is 88.6 Å². The summed E-state index contributed by atoms with van der Waals surface area (Å²) >= 11 is 0. The van der Waals surface area contributed by atoms with Gasteiger partial charge in [0.15, 0.2) is 0 Å². The van der Waals surface area contributed by atoms with E-state index in [0.717, 1.165) is 4.90 Å². The lowest BCUT2D eigenvalue weighted by atomic mass is 9.96. The number of carbonyl (C=O) groups excluding carboxylic acids is 16. The number of primary amides is 1. The number of aliphatic carboxylic acids is 4. The van der Waals surface area contributed by atoms with Crippen molar-refractivity contribution in [1.82, 2.24) is 89.3 Å². The molecule has 0 aliphatic carbocycles. The Balaban J connectivity index is 1.18. The zero-order valence-corrected chi connectivity index (χ0v) is 77.6. The first kappa shape index (κ1) is 113. The Hall–Kier alpha value is -14.3. The number of hydrogen-bond donors (Lipinski definition) is 28. The molecule has 762 valence electrons. The van der Waals surface area contributed by atoms with Gasteiger partial charge >= 0.3 is 23.9 Å². The number of nitrogens with zero attached hydrogens (tertiary/aromatic N) is 1. The highest BCUT2D eigenvalue weighted by atomic mass is 16.4. The molecule has 3 aromatic carbocycles. The van der Waals surface area contributed by atoms with Crippen molar-refractivity contribution in [3.05, 3.63) is 102 Å². The zero-order valence-electron chi connectivity index (χ0n) is 77.6. The normalized spacial score (nSPS) is 15.6. The number of aromatic nitrogens is 2. The van der Waals surface area contributed by atoms with Crippen molar-refractivity contribution in [3.63, 3.8) is 0 Å². The molecule has 49 heteroatoms. The van der Waals surface area contributed by atoms with Gasteiger partial charge in [-0.1, -0.05) is 82.6 Å². The monoisotopic (exact) mass is 1950 g/mol. The van der Waals surface area contributed by atoms with Gasteiger partial charge in [-0.2, -0.15) is 0 Å². The number of carbonyl (C=O) groups is 20. The van der Waals surface area contributed by atoms with E-state index in [9.17, 15) is 127 Å². The van der Waals surface area contributed by atoms with Crippen LogP contribution in [0.2, 0.25) is 0 Å². The lowest BCUT2D eigenvalue weighted by Crippen LogP contribution is -2.61. The number of benzene rings is 3. The molecule has 0 spiro atoms. The second-order valence-corrected chi connectivity index (χ2v) is 34.3. The van der Waals surface area contributed by atoms with E-state index in [1.807, 2.05) is 0 Å². The molecule has 33 N–H and O–H groups in total. The number of rotatable bonds is 62. The van der Waals surface area contributed by atoms with E-state index in [2.05, 4.69) is 84.4 Å². The van der Waals surface area contributed by atoms with Gasteiger partial charge in [0.25, 0.3) is 0 Å². The van der Waals surface area contributed by atoms with E-state index in [4.69, 9.17) is 28.7 Å². The molecule has 1 aliphatic rings. The summed E-state index contributed by atoms with van der Waals surface area (Å²) in [4.78, 5) is 282. The molecule has 16 amide bonds. The Morgan fingerprint density at radius 1 is 0.432 bits per heavy atom.